The number of nitrogens with one attached hydrogen (secondary N) is 1. The molecule has 1 aliphatic rings. The Morgan fingerprint density at radius 3 is 2.48 bits per heavy atom. The van der Waals surface area contributed by atoms with Crippen molar-refractivity contribution in [2.24, 2.45) is 0 Å². The van der Waals surface area contributed by atoms with Gasteiger partial charge in [-0.2, -0.15) is 0 Å². The molecule has 1 aliphatic heterocycles. The number of para-hydroxylation sites is 1. The van der Waals surface area contributed by atoms with Crippen molar-refractivity contribution >= 4 is 23.1 Å². The number of nitrogens with zero attached hydrogens (tertiary/aromatic N) is 1. The Balaban J connectivity index is 1.48. The Bertz CT molecular complexity index is 921. The van der Waals surface area contributed by atoms with E-state index in [1.165, 1.54) is 37.9 Å². The number of anilines is 2. The summed E-state index contributed by atoms with van der Waals surface area (Å²) in [6, 6.07) is 23.9. The molecule has 0 atom stereocenters. The average molecular weight is 375 g/mol. The van der Waals surface area contributed by atoms with Gasteiger partial charge in [0.25, 0.3) is 0 Å². The van der Waals surface area contributed by atoms with Gasteiger partial charge in [0.05, 0.1) is 11.4 Å². The van der Waals surface area contributed by atoms with Crippen LogP contribution in [0.1, 0.15) is 23.1 Å². The van der Waals surface area contributed by atoms with Crippen molar-refractivity contribution in [1.82, 2.24) is 5.32 Å². The Labute approximate surface area is 166 Å². The van der Waals surface area contributed by atoms with E-state index in [9.17, 15) is 0 Å². The number of aryl methyl sites for hydroxylation is 1. The highest BCUT2D eigenvalue weighted by molar-refractivity contribution is 7.99. The standard InChI is InChI=1S/C24H26N2S/c1-18-13-14-23-24(19(18)2)26(21-11-6-7-12-22(21)27-23)16-8-15-25-17-20-9-4-3-5-10-20/h3-7,9-14,25H,8,15-17H2,1-2H3. The molecule has 3 heteroatoms. The molecule has 1 heterocycles. The second kappa shape index (κ2) is 8.20. The number of benzene rings is 3. The van der Waals surface area contributed by atoms with E-state index in [0.717, 1.165) is 26.1 Å². The molecule has 3 aromatic rings. The van der Waals surface area contributed by atoms with Crippen molar-refractivity contribution in [3.05, 3.63) is 83.4 Å². The van der Waals surface area contributed by atoms with Gasteiger partial charge in [0.1, 0.15) is 0 Å². The maximum atomic E-state index is 3.58. The fourth-order valence-electron chi connectivity index (χ4n) is 3.62. The van der Waals surface area contributed by atoms with Gasteiger partial charge in [0.2, 0.25) is 0 Å². The van der Waals surface area contributed by atoms with Crippen molar-refractivity contribution in [3.63, 3.8) is 0 Å². The van der Waals surface area contributed by atoms with Gasteiger partial charge in [-0.25, -0.2) is 0 Å². The summed E-state index contributed by atoms with van der Waals surface area (Å²) in [4.78, 5) is 5.24. The van der Waals surface area contributed by atoms with Gasteiger partial charge < -0.3 is 10.2 Å². The zero-order chi connectivity index (χ0) is 18.6. The maximum Gasteiger partial charge on any atom is 0.0585 e. The average Bonchev–Trinajstić information content (AvgIpc) is 2.71. The van der Waals surface area contributed by atoms with Gasteiger partial charge in [0, 0.05) is 22.9 Å². The molecule has 4 rings (SSSR count). The smallest absolute Gasteiger partial charge is 0.0585 e. The molecule has 0 bridgehead atoms. The van der Waals surface area contributed by atoms with Gasteiger partial charge >= 0.3 is 0 Å². The molecule has 138 valence electrons. The van der Waals surface area contributed by atoms with Crippen LogP contribution < -0.4 is 10.2 Å². The van der Waals surface area contributed by atoms with E-state index < -0.39 is 0 Å². The van der Waals surface area contributed by atoms with Crippen molar-refractivity contribution in [2.75, 3.05) is 18.0 Å². The topological polar surface area (TPSA) is 15.3 Å². The van der Waals surface area contributed by atoms with Gasteiger partial charge in [-0.05, 0) is 61.7 Å². The molecule has 0 radical (unpaired) electrons. The second-order valence-electron chi connectivity index (χ2n) is 7.09. The first-order valence-electron chi connectivity index (χ1n) is 9.63. The van der Waals surface area contributed by atoms with Crippen LogP contribution in [0.25, 0.3) is 0 Å². The largest absolute Gasteiger partial charge is 0.339 e. The minimum atomic E-state index is 0.933. The summed E-state index contributed by atoms with van der Waals surface area (Å²) in [5.74, 6) is 0. The molecule has 0 spiro atoms. The number of fused-ring (bicyclic) bond motifs is 2. The molecular weight excluding hydrogens is 348 g/mol. The Hall–Kier alpha value is -2.23. The lowest BCUT2D eigenvalue weighted by atomic mass is 10.1. The zero-order valence-electron chi connectivity index (χ0n) is 16.0. The molecule has 3 aromatic carbocycles. The molecule has 0 saturated heterocycles. The third-order valence-electron chi connectivity index (χ3n) is 5.22. The highest BCUT2D eigenvalue weighted by atomic mass is 32.2. The SMILES string of the molecule is Cc1ccc2c(c1C)N(CCCNCc1ccccc1)c1ccccc1S2. The van der Waals surface area contributed by atoms with Crippen LogP contribution in [-0.4, -0.2) is 13.1 Å². The van der Waals surface area contributed by atoms with Crippen LogP contribution in [-0.2, 0) is 6.54 Å². The third kappa shape index (κ3) is 3.90. The predicted octanol–water partition coefficient (Wildman–Crippen LogP) is 6.09. The minimum Gasteiger partial charge on any atom is -0.339 e. The molecule has 0 unspecified atom stereocenters. The second-order valence-corrected chi connectivity index (χ2v) is 8.18. The summed E-state index contributed by atoms with van der Waals surface area (Å²) in [6.07, 6.45) is 1.11. The Morgan fingerprint density at radius 2 is 1.63 bits per heavy atom. The highest BCUT2D eigenvalue weighted by Crippen LogP contribution is 2.49. The van der Waals surface area contributed by atoms with Crippen molar-refractivity contribution in [2.45, 2.75) is 36.6 Å². The Kier molecular flexibility index (Phi) is 5.51. The first-order chi connectivity index (χ1) is 13.2. The van der Waals surface area contributed by atoms with Crippen LogP contribution in [0.3, 0.4) is 0 Å². The minimum absolute atomic E-state index is 0.933. The van der Waals surface area contributed by atoms with E-state index in [4.69, 9.17) is 0 Å². The van der Waals surface area contributed by atoms with Gasteiger partial charge in [-0.1, -0.05) is 60.3 Å². The zero-order valence-corrected chi connectivity index (χ0v) is 16.9. The quantitative estimate of drug-likeness (QED) is 0.526. The monoisotopic (exact) mass is 374 g/mol. The lowest BCUT2D eigenvalue weighted by Crippen LogP contribution is -2.26. The van der Waals surface area contributed by atoms with E-state index in [2.05, 4.69) is 90.8 Å². The fourth-order valence-corrected chi connectivity index (χ4v) is 4.78. The van der Waals surface area contributed by atoms with Gasteiger partial charge in [-0.3, -0.25) is 0 Å². The van der Waals surface area contributed by atoms with Gasteiger partial charge in [0.15, 0.2) is 0 Å². The molecule has 0 amide bonds. The molecule has 0 aliphatic carbocycles. The van der Waals surface area contributed by atoms with Crippen LogP contribution in [0.2, 0.25) is 0 Å². The van der Waals surface area contributed by atoms with Crippen LogP contribution in [0.5, 0.6) is 0 Å². The summed E-state index contributed by atoms with van der Waals surface area (Å²) < 4.78 is 0. The van der Waals surface area contributed by atoms with Crippen molar-refractivity contribution < 1.29 is 0 Å². The third-order valence-corrected chi connectivity index (χ3v) is 6.33. The van der Waals surface area contributed by atoms with E-state index in [-0.39, 0.29) is 0 Å². The summed E-state index contributed by atoms with van der Waals surface area (Å²) in [5, 5.41) is 3.58. The molecule has 0 aromatic heterocycles. The molecular formula is C24H26N2S. The van der Waals surface area contributed by atoms with E-state index in [1.54, 1.807) is 0 Å². The van der Waals surface area contributed by atoms with Crippen molar-refractivity contribution in [3.8, 4) is 0 Å². The first-order valence-corrected chi connectivity index (χ1v) is 10.4. The maximum absolute atomic E-state index is 3.58. The summed E-state index contributed by atoms with van der Waals surface area (Å²) in [7, 11) is 0. The van der Waals surface area contributed by atoms with E-state index in [1.807, 2.05) is 11.8 Å². The highest BCUT2D eigenvalue weighted by Gasteiger charge is 2.24. The molecule has 0 fully saturated rings. The van der Waals surface area contributed by atoms with Gasteiger partial charge in [-0.15, -0.1) is 0 Å². The molecule has 1 N–H and O–H groups in total. The number of hydrogen-bond donors (Lipinski definition) is 1. The number of rotatable bonds is 6. The number of hydrogen-bond acceptors (Lipinski definition) is 3. The fraction of sp³-hybridized carbons (Fsp3) is 0.250. The Morgan fingerprint density at radius 1 is 0.852 bits per heavy atom. The van der Waals surface area contributed by atoms with Crippen LogP contribution in [0.4, 0.5) is 11.4 Å². The predicted molar refractivity (Wildman–Crippen MR) is 116 cm³/mol. The molecule has 0 saturated carbocycles. The summed E-state index contributed by atoms with van der Waals surface area (Å²) in [6.45, 7) is 7.43. The normalized spacial score (nSPS) is 12.6. The van der Waals surface area contributed by atoms with E-state index >= 15 is 0 Å². The lowest BCUT2D eigenvalue weighted by Gasteiger charge is -2.34. The van der Waals surface area contributed by atoms with Crippen molar-refractivity contribution in [1.29, 1.82) is 0 Å². The lowest BCUT2D eigenvalue weighted by molar-refractivity contribution is 0.649. The summed E-state index contributed by atoms with van der Waals surface area (Å²) >= 11 is 1.89. The van der Waals surface area contributed by atoms with Crippen LogP contribution in [0.15, 0.2) is 76.5 Å². The molecule has 27 heavy (non-hydrogen) atoms. The van der Waals surface area contributed by atoms with E-state index in [0.29, 0.717) is 0 Å². The first kappa shape index (κ1) is 18.1. The summed E-state index contributed by atoms with van der Waals surface area (Å²) in [5.41, 5.74) is 6.83. The van der Waals surface area contributed by atoms with Crippen LogP contribution in [0, 0.1) is 13.8 Å². The van der Waals surface area contributed by atoms with Crippen LogP contribution >= 0.6 is 11.8 Å². The molecule has 2 nitrogen and oxygen atoms in total.